The van der Waals surface area contributed by atoms with Crippen LogP contribution >= 0.6 is 11.8 Å². The molecule has 0 atom stereocenters. The van der Waals surface area contributed by atoms with Gasteiger partial charge in [-0.25, -0.2) is 4.39 Å². The summed E-state index contributed by atoms with van der Waals surface area (Å²) in [6.45, 7) is 4.45. The van der Waals surface area contributed by atoms with Crippen molar-refractivity contribution in [3.05, 3.63) is 65.2 Å². The summed E-state index contributed by atoms with van der Waals surface area (Å²) < 4.78 is 14.8. The van der Waals surface area contributed by atoms with Crippen molar-refractivity contribution in [1.29, 1.82) is 0 Å². The molecule has 0 bridgehead atoms. The standard InChI is InChI=1S/C20H22FN5OS/c1-13-8-14(2)10-17(9-13)23-19(27)12-28-20-25-24-18(26(20)3)11-22-16-6-4-15(21)5-7-16/h4-10,22H,11-12H2,1-3H3,(H,23,27). The summed E-state index contributed by atoms with van der Waals surface area (Å²) in [5.41, 5.74) is 3.81. The van der Waals surface area contributed by atoms with Gasteiger partial charge in [0.25, 0.3) is 0 Å². The molecule has 1 amide bonds. The number of carbonyl (C=O) groups excluding carboxylic acids is 1. The van der Waals surface area contributed by atoms with Crippen LogP contribution in [0.2, 0.25) is 0 Å². The van der Waals surface area contributed by atoms with Crippen LogP contribution in [-0.4, -0.2) is 26.4 Å². The van der Waals surface area contributed by atoms with E-state index < -0.39 is 0 Å². The van der Waals surface area contributed by atoms with Crippen LogP contribution in [-0.2, 0) is 18.4 Å². The van der Waals surface area contributed by atoms with Gasteiger partial charge in [-0.1, -0.05) is 17.8 Å². The van der Waals surface area contributed by atoms with Crippen molar-refractivity contribution in [2.45, 2.75) is 25.5 Å². The van der Waals surface area contributed by atoms with Gasteiger partial charge in [-0.2, -0.15) is 0 Å². The lowest BCUT2D eigenvalue weighted by atomic mass is 10.1. The zero-order chi connectivity index (χ0) is 20.1. The number of hydrogen-bond donors (Lipinski definition) is 2. The maximum absolute atomic E-state index is 13.0. The summed E-state index contributed by atoms with van der Waals surface area (Å²) in [6, 6.07) is 12.1. The lowest BCUT2D eigenvalue weighted by molar-refractivity contribution is -0.113. The molecule has 28 heavy (non-hydrogen) atoms. The lowest BCUT2D eigenvalue weighted by Crippen LogP contribution is -2.15. The molecule has 0 saturated heterocycles. The van der Waals surface area contributed by atoms with Crippen molar-refractivity contribution >= 4 is 29.0 Å². The van der Waals surface area contributed by atoms with Crippen molar-refractivity contribution in [2.24, 2.45) is 7.05 Å². The SMILES string of the molecule is Cc1cc(C)cc(NC(=O)CSc2nnc(CNc3ccc(F)cc3)n2C)c1. The quantitative estimate of drug-likeness (QED) is 0.590. The Morgan fingerprint density at radius 1 is 1.07 bits per heavy atom. The predicted molar refractivity (Wildman–Crippen MR) is 110 cm³/mol. The Bertz CT molecular complexity index is 951. The van der Waals surface area contributed by atoms with E-state index in [4.69, 9.17) is 0 Å². The van der Waals surface area contributed by atoms with E-state index in [0.29, 0.717) is 11.7 Å². The zero-order valence-electron chi connectivity index (χ0n) is 16.0. The highest BCUT2D eigenvalue weighted by Gasteiger charge is 2.12. The van der Waals surface area contributed by atoms with Gasteiger partial charge in [-0.05, 0) is 61.4 Å². The molecule has 1 aromatic heterocycles. The Kier molecular flexibility index (Phi) is 6.30. The monoisotopic (exact) mass is 399 g/mol. The summed E-state index contributed by atoms with van der Waals surface area (Å²) in [6.07, 6.45) is 0. The highest BCUT2D eigenvalue weighted by molar-refractivity contribution is 7.99. The average molecular weight is 399 g/mol. The van der Waals surface area contributed by atoms with Gasteiger partial charge >= 0.3 is 0 Å². The largest absolute Gasteiger partial charge is 0.378 e. The minimum Gasteiger partial charge on any atom is -0.378 e. The number of aryl methyl sites for hydroxylation is 2. The van der Waals surface area contributed by atoms with Crippen LogP contribution in [0, 0.1) is 19.7 Å². The van der Waals surface area contributed by atoms with Crippen LogP contribution in [0.25, 0.3) is 0 Å². The van der Waals surface area contributed by atoms with Gasteiger partial charge in [0.1, 0.15) is 5.82 Å². The molecule has 0 unspecified atom stereocenters. The number of amides is 1. The van der Waals surface area contributed by atoms with Crippen molar-refractivity contribution in [3.63, 3.8) is 0 Å². The number of nitrogens with zero attached hydrogens (tertiary/aromatic N) is 3. The third-order valence-electron chi connectivity index (χ3n) is 4.06. The molecule has 3 aromatic rings. The zero-order valence-corrected chi connectivity index (χ0v) is 16.8. The number of carbonyl (C=O) groups is 1. The molecule has 0 fully saturated rings. The number of hydrogen-bond acceptors (Lipinski definition) is 5. The molecular formula is C20H22FN5OS. The third kappa shape index (κ3) is 5.32. The number of halogens is 1. The molecule has 0 aliphatic rings. The maximum Gasteiger partial charge on any atom is 0.234 e. The Balaban J connectivity index is 1.53. The molecule has 0 radical (unpaired) electrons. The molecule has 2 N–H and O–H groups in total. The fraction of sp³-hybridized carbons (Fsp3) is 0.250. The highest BCUT2D eigenvalue weighted by atomic mass is 32.2. The van der Waals surface area contributed by atoms with Crippen LogP contribution in [0.3, 0.4) is 0 Å². The fourth-order valence-electron chi connectivity index (χ4n) is 2.75. The number of anilines is 2. The average Bonchev–Trinajstić information content (AvgIpc) is 2.98. The minimum atomic E-state index is -0.276. The van der Waals surface area contributed by atoms with E-state index in [1.165, 1.54) is 23.9 Å². The van der Waals surface area contributed by atoms with Gasteiger partial charge in [-0.3, -0.25) is 4.79 Å². The summed E-state index contributed by atoms with van der Waals surface area (Å²) in [4.78, 5) is 12.2. The smallest absolute Gasteiger partial charge is 0.234 e. The molecule has 0 saturated carbocycles. The van der Waals surface area contributed by atoms with Crippen molar-refractivity contribution < 1.29 is 9.18 Å². The molecule has 2 aromatic carbocycles. The molecule has 0 aliphatic heterocycles. The second-order valence-electron chi connectivity index (χ2n) is 6.53. The van der Waals surface area contributed by atoms with Gasteiger partial charge in [0, 0.05) is 18.4 Å². The lowest BCUT2D eigenvalue weighted by Gasteiger charge is -2.08. The van der Waals surface area contributed by atoms with E-state index in [0.717, 1.165) is 28.3 Å². The summed E-state index contributed by atoms with van der Waals surface area (Å²) in [5, 5.41) is 15.0. The maximum atomic E-state index is 13.0. The highest BCUT2D eigenvalue weighted by Crippen LogP contribution is 2.18. The van der Waals surface area contributed by atoms with Crippen molar-refractivity contribution in [2.75, 3.05) is 16.4 Å². The van der Waals surface area contributed by atoms with Crippen LogP contribution in [0.15, 0.2) is 47.6 Å². The van der Waals surface area contributed by atoms with E-state index in [9.17, 15) is 9.18 Å². The summed E-state index contributed by atoms with van der Waals surface area (Å²) in [5.74, 6) is 0.595. The molecule has 3 rings (SSSR count). The van der Waals surface area contributed by atoms with E-state index in [2.05, 4.69) is 26.9 Å². The predicted octanol–water partition coefficient (Wildman–Crippen LogP) is 3.91. The first kappa shape index (κ1) is 19.9. The molecule has 0 aliphatic carbocycles. The normalized spacial score (nSPS) is 10.7. The molecule has 1 heterocycles. The number of aromatic nitrogens is 3. The van der Waals surface area contributed by atoms with Crippen LogP contribution in [0.5, 0.6) is 0 Å². The van der Waals surface area contributed by atoms with E-state index in [-0.39, 0.29) is 17.5 Å². The van der Waals surface area contributed by atoms with Gasteiger partial charge in [0.15, 0.2) is 11.0 Å². The Morgan fingerprint density at radius 2 is 1.75 bits per heavy atom. The first-order valence-corrected chi connectivity index (χ1v) is 9.78. The van der Waals surface area contributed by atoms with Gasteiger partial charge in [0.05, 0.1) is 12.3 Å². The third-order valence-corrected chi connectivity index (χ3v) is 5.08. The van der Waals surface area contributed by atoms with E-state index in [1.807, 2.05) is 37.6 Å². The number of rotatable bonds is 7. The topological polar surface area (TPSA) is 71.8 Å². The van der Waals surface area contributed by atoms with E-state index >= 15 is 0 Å². The first-order chi connectivity index (χ1) is 13.4. The Morgan fingerprint density at radius 3 is 2.43 bits per heavy atom. The van der Waals surface area contributed by atoms with Crippen molar-refractivity contribution in [3.8, 4) is 0 Å². The number of benzene rings is 2. The summed E-state index contributed by atoms with van der Waals surface area (Å²) >= 11 is 1.33. The van der Waals surface area contributed by atoms with Gasteiger partial charge in [0.2, 0.25) is 5.91 Å². The van der Waals surface area contributed by atoms with Gasteiger partial charge < -0.3 is 15.2 Å². The Labute approximate surface area is 167 Å². The van der Waals surface area contributed by atoms with Crippen LogP contribution in [0.4, 0.5) is 15.8 Å². The fourth-order valence-corrected chi connectivity index (χ4v) is 3.48. The molecule has 6 nitrogen and oxygen atoms in total. The summed E-state index contributed by atoms with van der Waals surface area (Å²) in [7, 11) is 1.85. The Hall–Kier alpha value is -2.87. The number of thioether (sulfide) groups is 1. The van der Waals surface area contributed by atoms with Gasteiger partial charge in [-0.15, -0.1) is 10.2 Å². The molecule has 146 valence electrons. The second-order valence-corrected chi connectivity index (χ2v) is 7.47. The molecular weight excluding hydrogens is 377 g/mol. The van der Waals surface area contributed by atoms with E-state index in [1.54, 1.807) is 12.1 Å². The first-order valence-electron chi connectivity index (χ1n) is 8.79. The minimum absolute atomic E-state index is 0.0935. The van der Waals surface area contributed by atoms with Crippen LogP contribution in [0.1, 0.15) is 17.0 Å². The molecule has 8 heteroatoms. The second kappa shape index (κ2) is 8.88. The number of nitrogens with one attached hydrogen (secondary N) is 2. The van der Waals surface area contributed by atoms with Crippen molar-refractivity contribution in [1.82, 2.24) is 14.8 Å². The van der Waals surface area contributed by atoms with Crippen LogP contribution < -0.4 is 10.6 Å². The molecule has 0 spiro atoms.